The Morgan fingerprint density at radius 1 is 2.00 bits per heavy atom. The third kappa shape index (κ3) is 1.46. The van der Waals surface area contributed by atoms with E-state index >= 15 is 0 Å². The molecule has 0 atom stereocenters. The van der Waals surface area contributed by atoms with E-state index in [1.165, 1.54) is 6.92 Å². The van der Waals surface area contributed by atoms with Crippen molar-refractivity contribution in [3.8, 4) is 0 Å². The van der Waals surface area contributed by atoms with Gasteiger partial charge in [0.2, 0.25) is 0 Å². The van der Waals surface area contributed by atoms with Gasteiger partial charge in [0.05, 0.1) is 0 Å². The van der Waals surface area contributed by atoms with E-state index in [-0.39, 0.29) is 5.71 Å². The lowest BCUT2D eigenvalue weighted by Gasteiger charge is -1.71. The summed E-state index contributed by atoms with van der Waals surface area (Å²) in [6, 6.07) is 0. The third-order valence-corrected chi connectivity index (χ3v) is 0.328. The van der Waals surface area contributed by atoms with Crippen LogP contribution in [0.4, 0.5) is 0 Å². The molecule has 34 valence electrons. The van der Waals surface area contributed by atoms with Crippen molar-refractivity contribution in [2.45, 2.75) is 6.92 Å². The van der Waals surface area contributed by atoms with E-state index in [0.717, 1.165) is 0 Å². The zero-order valence-electron chi connectivity index (χ0n) is 3.38. The molecule has 0 aliphatic carbocycles. The zero-order valence-corrected chi connectivity index (χ0v) is 3.38. The molecule has 0 saturated carbocycles. The lowest BCUT2D eigenvalue weighted by atomic mass is 10.5. The van der Waals surface area contributed by atoms with Gasteiger partial charge in [-0.05, 0) is 6.92 Å². The van der Waals surface area contributed by atoms with Crippen molar-refractivity contribution < 1.29 is 10.0 Å². The van der Waals surface area contributed by atoms with Crippen LogP contribution in [0.2, 0.25) is 0 Å². The van der Waals surface area contributed by atoms with Gasteiger partial charge in [0, 0.05) is 0 Å². The first-order valence-corrected chi connectivity index (χ1v) is 1.45. The van der Waals surface area contributed by atoms with Gasteiger partial charge in [-0.15, -0.1) is 0 Å². The van der Waals surface area contributed by atoms with Crippen molar-refractivity contribution in [1.82, 2.24) is 0 Å². The van der Waals surface area contributed by atoms with Crippen LogP contribution in [0.3, 0.4) is 0 Å². The molecule has 0 bridgehead atoms. The zero-order chi connectivity index (χ0) is 4.99. The minimum absolute atomic E-state index is 0.0926. The van der Waals surface area contributed by atoms with Crippen LogP contribution >= 0.6 is 0 Å². The summed E-state index contributed by atoms with van der Waals surface area (Å²) in [5.41, 5.74) is 0.0926. The summed E-state index contributed by atoms with van der Waals surface area (Å²) in [6.07, 6.45) is 0.472. The second kappa shape index (κ2) is 2.38. The summed E-state index contributed by atoms with van der Waals surface area (Å²) >= 11 is 0. The molecule has 0 aliphatic rings. The third-order valence-electron chi connectivity index (χ3n) is 0.328. The number of aldehydes is 1. The number of carbonyl (C=O) groups excluding carboxylic acids is 1. The molecule has 0 spiro atoms. The maximum atomic E-state index is 9.45. The molecule has 0 rings (SSSR count). The highest BCUT2D eigenvalue weighted by atomic mass is 16.4. The molecule has 0 heterocycles. The average Bonchev–Trinajstić information content (AvgIpc) is 1.65. The Balaban J connectivity index is 3.50. The Bertz CT molecular complexity index is 76.9. The summed E-state index contributed by atoms with van der Waals surface area (Å²) in [5.74, 6) is 0. The molecule has 6 heavy (non-hydrogen) atoms. The lowest BCUT2D eigenvalue weighted by Crippen LogP contribution is -1.88. The Morgan fingerprint density at radius 3 is 2.50 bits per heavy atom. The molecule has 0 aromatic heterocycles. The van der Waals surface area contributed by atoms with Crippen LogP contribution in [-0.4, -0.2) is 17.2 Å². The van der Waals surface area contributed by atoms with Crippen LogP contribution in [0.15, 0.2) is 5.16 Å². The Kier molecular flexibility index (Phi) is 2.04. The second-order valence-corrected chi connectivity index (χ2v) is 0.859. The van der Waals surface area contributed by atoms with E-state index in [1.54, 1.807) is 0 Å². The van der Waals surface area contributed by atoms with Crippen LogP contribution in [0.5, 0.6) is 0 Å². The van der Waals surface area contributed by atoms with Crippen molar-refractivity contribution in [3.05, 3.63) is 0 Å². The molecule has 0 fully saturated rings. The fourth-order valence-electron chi connectivity index (χ4n) is 0.0236. The van der Waals surface area contributed by atoms with Crippen LogP contribution in [0.1, 0.15) is 6.92 Å². The van der Waals surface area contributed by atoms with E-state index in [9.17, 15) is 4.79 Å². The van der Waals surface area contributed by atoms with E-state index in [0.29, 0.717) is 6.29 Å². The quantitative estimate of drug-likeness (QED) is 0.212. The van der Waals surface area contributed by atoms with Crippen LogP contribution in [-0.2, 0) is 4.79 Å². The average molecular weight is 87.1 g/mol. The van der Waals surface area contributed by atoms with Gasteiger partial charge in [-0.2, -0.15) is 0 Å². The molecule has 0 aromatic carbocycles. The highest BCUT2D eigenvalue weighted by Crippen LogP contribution is 1.60. The molecule has 0 aromatic rings. The Hall–Kier alpha value is -0.860. The first-order chi connectivity index (χ1) is 2.81. The molecule has 0 saturated heterocycles. The van der Waals surface area contributed by atoms with Gasteiger partial charge in [-0.25, -0.2) is 0 Å². The lowest BCUT2D eigenvalue weighted by molar-refractivity contribution is -0.102. The largest absolute Gasteiger partial charge is 0.411 e. The van der Waals surface area contributed by atoms with Crippen LogP contribution in [0, 0.1) is 0 Å². The van der Waals surface area contributed by atoms with E-state index < -0.39 is 0 Å². The van der Waals surface area contributed by atoms with Crippen molar-refractivity contribution in [1.29, 1.82) is 0 Å². The van der Waals surface area contributed by atoms with Crippen LogP contribution in [0.25, 0.3) is 0 Å². The number of oxime groups is 1. The van der Waals surface area contributed by atoms with Crippen molar-refractivity contribution in [2.75, 3.05) is 0 Å². The summed E-state index contributed by atoms with van der Waals surface area (Å²) in [6.45, 7) is 1.41. The van der Waals surface area contributed by atoms with Gasteiger partial charge >= 0.3 is 0 Å². The molecule has 0 amide bonds. The maximum absolute atomic E-state index is 9.45. The van der Waals surface area contributed by atoms with Crippen molar-refractivity contribution in [3.63, 3.8) is 0 Å². The first-order valence-electron chi connectivity index (χ1n) is 1.45. The molecular formula is C3H5NO2. The molecule has 0 radical (unpaired) electrons. The first kappa shape index (κ1) is 5.14. The Labute approximate surface area is 35.3 Å². The van der Waals surface area contributed by atoms with Crippen molar-refractivity contribution >= 4 is 12.0 Å². The van der Waals surface area contributed by atoms with E-state index in [4.69, 9.17) is 5.21 Å². The molecule has 0 unspecified atom stereocenters. The van der Waals surface area contributed by atoms with Gasteiger partial charge < -0.3 is 5.21 Å². The van der Waals surface area contributed by atoms with E-state index in [2.05, 4.69) is 5.16 Å². The smallest absolute Gasteiger partial charge is 0.167 e. The number of hydrogen-bond donors (Lipinski definition) is 1. The minimum atomic E-state index is 0.0926. The molecule has 3 heteroatoms. The highest BCUT2D eigenvalue weighted by Gasteiger charge is 1.77. The van der Waals surface area contributed by atoms with E-state index in [1.807, 2.05) is 0 Å². The fourth-order valence-corrected chi connectivity index (χ4v) is 0.0236. The van der Waals surface area contributed by atoms with Crippen molar-refractivity contribution in [2.24, 2.45) is 5.16 Å². The number of rotatable bonds is 1. The number of carbonyl (C=O) groups is 1. The summed E-state index contributed by atoms with van der Waals surface area (Å²) in [7, 11) is 0. The monoisotopic (exact) mass is 87.0 g/mol. The molecule has 1 N–H and O–H groups in total. The van der Waals surface area contributed by atoms with Gasteiger partial charge in [0.15, 0.2) is 6.29 Å². The summed E-state index contributed by atoms with van der Waals surface area (Å²) in [5, 5.41) is 10.2. The minimum Gasteiger partial charge on any atom is -0.411 e. The van der Waals surface area contributed by atoms with Gasteiger partial charge in [-0.1, -0.05) is 5.16 Å². The molecule has 0 aliphatic heterocycles. The van der Waals surface area contributed by atoms with Gasteiger partial charge in [0.25, 0.3) is 0 Å². The molecule has 3 nitrogen and oxygen atoms in total. The second-order valence-electron chi connectivity index (χ2n) is 0.859. The highest BCUT2D eigenvalue weighted by molar-refractivity contribution is 6.26. The summed E-state index contributed by atoms with van der Waals surface area (Å²) < 4.78 is 0. The molecular weight excluding hydrogens is 82.0 g/mol. The summed E-state index contributed by atoms with van der Waals surface area (Å²) in [4.78, 5) is 9.45. The SMILES string of the molecule is CC(C=O)=NO. The van der Waals surface area contributed by atoms with Gasteiger partial charge in [0.1, 0.15) is 5.71 Å². The fraction of sp³-hybridized carbons (Fsp3) is 0.333. The van der Waals surface area contributed by atoms with Gasteiger partial charge in [-0.3, -0.25) is 4.79 Å². The Morgan fingerprint density at radius 2 is 2.50 bits per heavy atom. The number of nitrogens with zero attached hydrogens (tertiary/aromatic N) is 1. The standard InChI is InChI=1S/C3H5NO2/c1-3(2-5)4-6/h2,6H,1H3. The number of hydrogen-bond acceptors (Lipinski definition) is 3. The van der Waals surface area contributed by atoms with Crippen LogP contribution < -0.4 is 0 Å². The topological polar surface area (TPSA) is 49.7 Å². The predicted molar refractivity (Wildman–Crippen MR) is 21.0 cm³/mol. The normalized spacial score (nSPS) is 11.2. The predicted octanol–water partition coefficient (Wildman–Crippen LogP) is 0.0354. The maximum Gasteiger partial charge on any atom is 0.167 e.